The Balaban J connectivity index is 3.24. The maximum atomic E-state index is 10.8. The van der Waals surface area contributed by atoms with Crippen LogP contribution >= 0.6 is 0 Å². The molecule has 0 aliphatic carbocycles. The third kappa shape index (κ3) is 2.05. The summed E-state index contributed by atoms with van der Waals surface area (Å²) in [5, 5.41) is 0. The standard InChI is InChI=1S/C11H14O3/c1-4-14-11-9(7-12)5-8(2)6-10(11)13-3/h5-7H,4H2,1-3H3. The highest BCUT2D eigenvalue weighted by atomic mass is 16.5. The largest absolute Gasteiger partial charge is 0.493 e. The zero-order chi connectivity index (χ0) is 10.6. The highest BCUT2D eigenvalue weighted by Gasteiger charge is 2.10. The monoisotopic (exact) mass is 194 g/mol. The molecule has 14 heavy (non-hydrogen) atoms. The molecule has 0 radical (unpaired) electrons. The summed E-state index contributed by atoms with van der Waals surface area (Å²) in [7, 11) is 1.56. The molecule has 3 nitrogen and oxygen atoms in total. The number of hydrogen-bond donors (Lipinski definition) is 0. The highest BCUT2D eigenvalue weighted by molar-refractivity contribution is 5.81. The average Bonchev–Trinajstić information content (AvgIpc) is 2.20. The molecular formula is C11H14O3. The van der Waals surface area contributed by atoms with Crippen molar-refractivity contribution in [1.29, 1.82) is 0 Å². The van der Waals surface area contributed by atoms with Crippen LogP contribution in [0.5, 0.6) is 11.5 Å². The third-order valence-corrected chi connectivity index (χ3v) is 1.86. The van der Waals surface area contributed by atoms with E-state index in [1.54, 1.807) is 13.2 Å². The number of ether oxygens (including phenoxy) is 2. The molecule has 0 spiro atoms. The molecule has 0 aliphatic rings. The second kappa shape index (κ2) is 4.65. The Hall–Kier alpha value is -1.51. The topological polar surface area (TPSA) is 35.5 Å². The van der Waals surface area contributed by atoms with Crippen LogP contribution in [0.4, 0.5) is 0 Å². The molecule has 0 aliphatic heterocycles. The molecule has 0 bridgehead atoms. The molecule has 1 aromatic rings. The predicted molar refractivity (Wildman–Crippen MR) is 54.3 cm³/mol. The van der Waals surface area contributed by atoms with Gasteiger partial charge in [0.25, 0.3) is 0 Å². The molecule has 0 atom stereocenters. The first-order chi connectivity index (χ1) is 6.72. The average molecular weight is 194 g/mol. The lowest BCUT2D eigenvalue weighted by atomic mass is 10.1. The van der Waals surface area contributed by atoms with Gasteiger partial charge in [0, 0.05) is 0 Å². The lowest BCUT2D eigenvalue weighted by molar-refractivity contribution is 0.111. The first kappa shape index (κ1) is 10.6. The zero-order valence-corrected chi connectivity index (χ0v) is 8.66. The molecule has 0 saturated heterocycles. The minimum atomic E-state index is 0.514. The molecular weight excluding hydrogens is 180 g/mol. The second-order valence-corrected chi connectivity index (χ2v) is 2.94. The molecule has 0 saturated carbocycles. The molecule has 1 aromatic carbocycles. The summed E-state index contributed by atoms with van der Waals surface area (Å²) >= 11 is 0. The normalized spacial score (nSPS) is 9.64. The zero-order valence-electron chi connectivity index (χ0n) is 8.66. The van der Waals surface area contributed by atoms with E-state index >= 15 is 0 Å². The number of rotatable bonds is 4. The van der Waals surface area contributed by atoms with Gasteiger partial charge in [-0.25, -0.2) is 0 Å². The maximum absolute atomic E-state index is 10.8. The van der Waals surface area contributed by atoms with Gasteiger partial charge in [-0.05, 0) is 31.5 Å². The van der Waals surface area contributed by atoms with Crippen LogP contribution in [-0.4, -0.2) is 20.0 Å². The van der Waals surface area contributed by atoms with Gasteiger partial charge in [-0.1, -0.05) is 0 Å². The molecule has 1 rings (SSSR count). The second-order valence-electron chi connectivity index (χ2n) is 2.94. The number of carbonyl (C=O) groups excluding carboxylic acids is 1. The molecule has 76 valence electrons. The van der Waals surface area contributed by atoms with Crippen LogP contribution in [0.15, 0.2) is 12.1 Å². The van der Waals surface area contributed by atoms with Crippen LogP contribution in [0.1, 0.15) is 22.8 Å². The fourth-order valence-electron chi connectivity index (χ4n) is 1.31. The van der Waals surface area contributed by atoms with Gasteiger partial charge in [-0.15, -0.1) is 0 Å². The van der Waals surface area contributed by atoms with Crippen LogP contribution in [0.3, 0.4) is 0 Å². The van der Waals surface area contributed by atoms with Gasteiger partial charge in [0.05, 0.1) is 19.3 Å². The fraction of sp³-hybridized carbons (Fsp3) is 0.364. The van der Waals surface area contributed by atoms with E-state index in [2.05, 4.69) is 0 Å². The summed E-state index contributed by atoms with van der Waals surface area (Å²) in [5.41, 5.74) is 1.51. The molecule has 0 amide bonds. The Labute approximate surface area is 83.6 Å². The molecule has 3 heteroatoms. The first-order valence-electron chi connectivity index (χ1n) is 4.49. The highest BCUT2D eigenvalue weighted by Crippen LogP contribution is 2.31. The molecule has 0 unspecified atom stereocenters. The number of aryl methyl sites for hydroxylation is 1. The number of hydrogen-bond acceptors (Lipinski definition) is 3. The number of benzene rings is 1. The minimum absolute atomic E-state index is 0.514. The molecule has 0 fully saturated rings. The first-order valence-corrected chi connectivity index (χ1v) is 4.49. The van der Waals surface area contributed by atoms with Crippen LogP contribution in [-0.2, 0) is 0 Å². The Kier molecular flexibility index (Phi) is 3.51. The van der Waals surface area contributed by atoms with Gasteiger partial charge in [0.15, 0.2) is 17.8 Å². The quantitative estimate of drug-likeness (QED) is 0.689. The number of methoxy groups -OCH3 is 1. The van der Waals surface area contributed by atoms with Gasteiger partial charge >= 0.3 is 0 Å². The van der Waals surface area contributed by atoms with Gasteiger partial charge in [-0.3, -0.25) is 4.79 Å². The van der Waals surface area contributed by atoms with Crippen molar-refractivity contribution in [1.82, 2.24) is 0 Å². The number of aldehydes is 1. The summed E-state index contributed by atoms with van der Waals surface area (Å²) in [6.07, 6.45) is 0.778. The lowest BCUT2D eigenvalue weighted by Gasteiger charge is -2.11. The Morgan fingerprint density at radius 1 is 1.43 bits per heavy atom. The lowest BCUT2D eigenvalue weighted by Crippen LogP contribution is -1.99. The van der Waals surface area contributed by atoms with Crippen LogP contribution in [0, 0.1) is 6.92 Å². The Morgan fingerprint density at radius 2 is 2.14 bits per heavy atom. The van der Waals surface area contributed by atoms with Crippen molar-refractivity contribution in [2.75, 3.05) is 13.7 Å². The minimum Gasteiger partial charge on any atom is -0.493 e. The van der Waals surface area contributed by atoms with E-state index in [0.29, 0.717) is 23.7 Å². The van der Waals surface area contributed by atoms with Crippen molar-refractivity contribution in [2.45, 2.75) is 13.8 Å². The van der Waals surface area contributed by atoms with E-state index in [-0.39, 0.29) is 0 Å². The molecule has 0 N–H and O–H groups in total. The van der Waals surface area contributed by atoms with Gasteiger partial charge in [0.1, 0.15) is 0 Å². The van der Waals surface area contributed by atoms with Crippen molar-refractivity contribution < 1.29 is 14.3 Å². The van der Waals surface area contributed by atoms with E-state index in [9.17, 15) is 4.79 Å². The van der Waals surface area contributed by atoms with Crippen molar-refractivity contribution in [3.05, 3.63) is 23.3 Å². The van der Waals surface area contributed by atoms with Crippen LogP contribution in [0.2, 0.25) is 0 Å². The van der Waals surface area contributed by atoms with Gasteiger partial charge in [0.2, 0.25) is 0 Å². The van der Waals surface area contributed by atoms with Crippen molar-refractivity contribution in [3.63, 3.8) is 0 Å². The van der Waals surface area contributed by atoms with Gasteiger partial charge < -0.3 is 9.47 Å². The summed E-state index contributed by atoms with van der Waals surface area (Å²) in [6.45, 7) is 4.29. The van der Waals surface area contributed by atoms with E-state index in [4.69, 9.17) is 9.47 Å². The Bertz CT molecular complexity index is 332. The summed E-state index contributed by atoms with van der Waals surface area (Å²) in [6, 6.07) is 3.62. The molecule has 0 aromatic heterocycles. The van der Waals surface area contributed by atoms with E-state index in [1.807, 2.05) is 19.9 Å². The van der Waals surface area contributed by atoms with Crippen molar-refractivity contribution >= 4 is 6.29 Å². The maximum Gasteiger partial charge on any atom is 0.171 e. The summed E-state index contributed by atoms with van der Waals surface area (Å²) in [5.74, 6) is 1.13. The van der Waals surface area contributed by atoms with E-state index in [0.717, 1.165) is 11.8 Å². The summed E-state index contributed by atoms with van der Waals surface area (Å²) in [4.78, 5) is 10.8. The van der Waals surface area contributed by atoms with E-state index < -0.39 is 0 Å². The fourth-order valence-corrected chi connectivity index (χ4v) is 1.31. The molecule has 0 heterocycles. The van der Waals surface area contributed by atoms with Crippen LogP contribution < -0.4 is 9.47 Å². The van der Waals surface area contributed by atoms with E-state index in [1.165, 1.54) is 0 Å². The van der Waals surface area contributed by atoms with Gasteiger partial charge in [-0.2, -0.15) is 0 Å². The smallest absolute Gasteiger partial charge is 0.171 e. The number of carbonyl (C=O) groups is 1. The predicted octanol–water partition coefficient (Wildman–Crippen LogP) is 2.21. The van der Waals surface area contributed by atoms with Crippen molar-refractivity contribution in [3.8, 4) is 11.5 Å². The summed E-state index contributed by atoms with van der Waals surface area (Å²) < 4.78 is 10.5. The van der Waals surface area contributed by atoms with Crippen molar-refractivity contribution in [2.24, 2.45) is 0 Å². The van der Waals surface area contributed by atoms with Crippen LogP contribution in [0.25, 0.3) is 0 Å². The third-order valence-electron chi connectivity index (χ3n) is 1.86. The SMILES string of the molecule is CCOc1c(C=O)cc(C)cc1OC. The Morgan fingerprint density at radius 3 is 2.64 bits per heavy atom.